The van der Waals surface area contributed by atoms with Crippen LogP contribution in [0.1, 0.15) is 10.5 Å². The molecule has 0 saturated heterocycles. The van der Waals surface area contributed by atoms with Gasteiger partial charge in [0.25, 0.3) is 0 Å². The van der Waals surface area contributed by atoms with Crippen molar-refractivity contribution in [2.24, 2.45) is 0 Å². The van der Waals surface area contributed by atoms with Gasteiger partial charge in [0.1, 0.15) is 0 Å². The zero-order valence-electron chi connectivity index (χ0n) is 10.7. The Morgan fingerprint density at radius 2 is 1.91 bits per heavy atom. The number of hydrogen-bond donors (Lipinski definition) is 2. The molecule has 0 aliphatic rings. The lowest BCUT2D eigenvalue weighted by Crippen LogP contribution is -2.25. The maximum atomic E-state index is 11.8. The van der Waals surface area contributed by atoms with E-state index in [1.54, 1.807) is 17.5 Å². The summed E-state index contributed by atoms with van der Waals surface area (Å²) in [5.74, 6) is -1.27. The molecule has 2 aromatic heterocycles. The largest absolute Gasteiger partial charge is 0.476 e. The van der Waals surface area contributed by atoms with E-state index in [4.69, 9.17) is 5.11 Å². The third kappa shape index (κ3) is 2.57. The molecular formula is C12H8N2O5S3. The zero-order valence-corrected chi connectivity index (χ0v) is 13.2. The van der Waals surface area contributed by atoms with E-state index in [0.717, 1.165) is 16.0 Å². The van der Waals surface area contributed by atoms with Crippen LogP contribution in [0.4, 0.5) is 10.8 Å². The quantitative estimate of drug-likeness (QED) is 0.696. The van der Waals surface area contributed by atoms with Crippen molar-refractivity contribution >= 4 is 59.9 Å². The lowest BCUT2D eigenvalue weighted by molar-refractivity contribution is 0.0691. The summed E-state index contributed by atoms with van der Waals surface area (Å²) in [5.41, 5.74) is -0.0532. The van der Waals surface area contributed by atoms with Crippen LogP contribution >= 0.6 is 22.7 Å². The first kappa shape index (κ1) is 14.9. The third-order valence-electron chi connectivity index (χ3n) is 2.79. The number of nitrogens with zero attached hydrogens (tertiary/aromatic N) is 2. The van der Waals surface area contributed by atoms with Crippen molar-refractivity contribution < 1.29 is 22.9 Å². The molecular weight excluding hydrogens is 348 g/mol. The molecule has 3 rings (SSSR count). The lowest BCUT2D eigenvalue weighted by atomic mass is 10.2. The van der Waals surface area contributed by atoms with Gasteiger partial charge in [0, 0.05) is 20.8 Å². The summed E-state index contributed by atoms with van der Waals surface area (Å²) >= 11 is 2.13. The highest BCUT2D eigenvalue weighted by Gasteiger charge is 2.28. The summed E-state index contributed by atoms with van der Waals surface area (Å²) in [6, 6.07) is 7.08. The second-order valence-corrected chi connectivity index (χ2v) is 7.19. The summed E-state index contributed by atoms with van der Waals surface area (Å²) < 4.78 is 34.5. The molecule has 2 N–H and O–H groups in total. The van der Waals surface area contributed by atoms with E-state index in [2.05, 4.69) is 4.98 Å². The fourth-order valence-corrected chi connectivity index (χ4v) is 4.66. The van der Waals surface area contributed by atoms with E-state index in [9.17, 15) is 17.8 Å². The van der Waals surface area contributed by atoms with Crippen molar-refractivity contribution in [1.82, 2.24) is 4.98 Å². The lowest BCUT2D eigenvalue weighted by Gasteiger charge is -2.16. The van der Waals surface area contributed by atoms with Crippen LogP contribution in [0.15, 0.2) is 35.0 Å². The number of carboxylic acids is 1. The Morgan fingerprint density at radius 3 is 2.55 bits per heavy atom. The van der Waals surface area contributed by atoms with Crippen LogP contribution in [0.25, 0.3) is 10.1 Å². The van der Waals surface area contributed by atoms with Crippen molar-refractivity contribution in [2.75, 3.05) is 4.31 Å². The molecule has 0 saturated carbocycles. The molecule has 0 fully saturated rings. The normalized spacial score (nSPS) is 11.7. The van der Waals surface area contributed by atoms with E-state index < -0.39 is 16.3 Å². The number of carbonyl (C=O) groups is 1. The zero-order chi connectivity index (χ0) is 15.9. The van der Waals surface area contributed by atoms with Gasteiger partial charge in [-0.1, -0.05) is 18.2 Å². The number of aromatic nitrogens is 1. The van der Waals surface area contributed by atoms with Crippen LogP contribution < -0.4 is 4.31 Å². The molecule has 0 aliphatic carbocycles. The summed E-state index contributed by atoms with van der Waals surface area (Å²) in [4.78, 5) is 14.7. The van der Waals surface area contributed by atoms with E-state index in [1.807, 2.05) is 12.1 Å². The average Bonchev–Trinajstić information content (AvgIpc) is 3.06. The molecule has 0 atom stereocenters. The van der Waals surface area contributed by atoms with Gasteiger partial charge >= 0.3 is 16.3 Å². The van der Waals surface area contributed by atoms with Crippen LogP contribution in [-0.4, -0.2) is 29.0 Å². The highest BCUT2D eigenvalue weighted by atomic mass is 32.2. The fourth-order valence-electron chi connectivity index (χ4n) is 1.90. The van der Waals surface area contributed by atoms with E-state index in [0.29, 0.717) is 9.69 Å². The molecule has 7 nitrogen and oxygen atoms in total. The number of thiophene rings is 1. The second-order valence-electron chi connectivity index (χ2n) is 4.18. The van der Waals surface area contributed by atoms with Gasteiger partial charge in [0.05, 0.1) is 5.69 Å². The Bertz CT molecular complexity index is 960. The summed E-state index contributed by atoms with van der Waals surface area (Å²) in [6.07, 6.45) is 0. The predicted octanol–water partition coefficient (Wildman–Crippen LogP) is 3.00. The first-order valence-corrected chi connectivity index (χ1v) is 8.96. The third-order valence-corrected chi connectivity index (χ3v) is 5.52. The van der Waals surface area contributed by atoms with E-state index in [-0.39, 0.29) is 16.5 Å². The first-order chi connectivity index (χ1) is 10.4. The molecule has 0 radical (unpaired) electrons. The smallest absolute Gasteiger partial charge is 0.366 e. The summed E-state index contributed by atoms with van der Waals surface area (Å²) in [6.45, 7) is 0. The molecule has 114 valence electrons. The molecule has 0 aliphatic heterocycles. The molecule has 0 bridgehead atoms. The van der Waals surface area contributed by atoms with Crippen molar-refractivity contribution in [3.05, 3.63) is 40.7 Å². The highest BCUT2D eigenvalue weighted by Crippen LogP contribution is 2.39. The van der Waals surface area contributed by atoms with E-state index >= 15 is 0 Å². The number of benzene rings is 1. The SMILES string of the molecule is O=C(O)c1csc(N(c2csc3ccccc23)S(=O)(=O)O)n1. The van der Waals surface area contributed by atoms with Crippen LogP contribution in [0.5, 0.6) is 0 Å². The van der Waals surface area contributed by atoms with Gasteiger partial charge in [-0.25, -0.2) is 9.78 Å². The molecule has 10 heteroatoms. The number of aromatic carboxylic acids is 1. The van der Waals surface area contributed by atoms with Crippen LogP contribution in [0.3, 0.4) is 0 Å². The van der Waals surface area contributed by atoms with Crippen molar-refractivity contribution in [3.63, 3.8) is 0 Å². The molecule has 0 spiro atoms. The Balaban J connectivity index is 2.21. The van der Waals surface area contributed by atoms with Crippen LogP contribution in [0.2, 0.25) is 0 Å². The highest BCUT2D eigenvalue weighted by molar-refractivity contribution is 7.87. The minimum Gasteiger partial charge on any atom is -0.476 e. The molecule has 3 aromatic rings. The maximum absolute atomic E-state index is 11.8. The van der Waals surface area contributed by atoms with Crippen molar-refractivity contribution in [1.29, 1.82) is 0 Å². The molecule has 0 unspecified atom stereocenters. The summed E-state index contributed by atoms with van der Waals surface area (Å²) in [7, 11) is -4.65. The number of anilines is 2. The first-order valence-electron chi connectivity index (χ1n) is 5.80. The van der Waals surface area contributed by atoms with Crippen LogP contribution in [0, 0.1) is 0 Å². The number of carboxylic acid groups (broad SMARTS) is 1. The number of thiazole rings is 1. The van der Waals surface area contributed by atoms with Crippen LogP contribution in [-0.2, 0) is 10.3 Å². The van der Waals surface area contributed by atoms with Crippen molar-refractivity contribution in [3.8, 4) is 0 Å². The van der Waals surface area contributed by atoms with Gasteiger partial charge in [0.2, 0.25) is 5.13 Å². The minimum atomic E-state index is -4.65. The number of rotatable bonds is 4. The van der Waals surface area contributed by atoms with Gasteiger partial charge in [-0.2, -0.15) is 12.7 Å². The topological polar surface area (TPSA) is 108 Å². The Morgan fingerprint density at radius 1 is 1.18 bits per heavy atom. The standard InChI is InChI=1S/C12H8N2O5S3/c15-11(16)8-5-21-12(13-8)14(22(17,18)19)9-6-20-10-4-2-1-3-7(9)10/h1-6H,(H,15,16)(H,17,18,19). The molecule has 1 aromatic carbocycles. The number of fused-ring (bicyclic) bond motifs is 1. The Kier molecular flexibility index (Phi) is 3.60. The molecule has 2 heterocycles. The average molecular weight is 356 g/mol. The predicted molar refractivity (Wildman–Crippen MR) is 84.6 cm³/mol. The number of hydrogen-bond acceptors (Lipinski definition) is 6. The van der Waals surface area contributed by atoms with Gasteiger partial charge < -0.3 is 5.11 Å². The molecule has 22 heavy (non-hydrogen) atoms. The Labute approximate surface area is 133 Å². The summed E-state index contributed by atoms with van der Waals surface area (Å²) in [5, 5.41) is 12.2. The monoisotopic (exact) mass is 356 g/mol. The van der Waals surface area contributed by atoms with E-state index in [1.165, 1.54) is 16.7 Å². The molecule has 0 amide bonds. The maximum Gasteiger partial charge on any atom is 0.366 e. The van der Waals surface area contributed by atoms with Gasteiger partial charge in [-0.15, -0.1) is 22.7 Å². The van der Waals surface area contributed by atoms with Gasteiger partial charge in [-0.05, 0) is 6.07 Å². The minimum absolute atomic E-state index is 0.136. The fraction of sp³-hybridized carbons (Fsp3) is 0. The second kappa shape index (κ2) is 5.32. The Hall–Kier alpha value is -2.01. The van der Waals surface area contributed by atoms with Gasteiger partial charge in [0.15, 0.2) is 5.69 Å². The van der Waals surface area contributed by atoms with Gasteiger partial charge in [-0.3, -0.25) is 4.55 Å². The van der Waals surface area contributed by atoms with Crippen molar-refractivity contribution in [2.45, 2.75) is 0 Å².